The highest BCUT2D eigenvalue weighted by molar-refractivity contribution is 7.20. The summed E-state index contributed by atoms with van der Waals surface area (Å²) in [5, 5.41) is 15.3. The largest absolute Gasteiger partial charge is 0.409 e. The van der Waals surface area contributed by atoms with Crippen molar-refractivity contribution in [3.05, 3.63) is 35.2 Å². The third-order valence-corrected chi connectivity index (χ3v) is 3.79. The van der Waals surface area contributed by atoms with E-state index >= 15 is 0 Å². The van der Waals surface area contributed by atoms with Gasteiger partial charge in [0.25, 0.3) is 5.91 Å². The van der Waals surface area contributed by atoms with E-state index in [2.05, 4.69) is 10.5 Å². The number of hydrogen-bond donors (Lipinski definition) is 3. The van der Waals surface area contributed by atoms with E-state index in [4.69, 9.17) is 10.9 Å². The molecule has 1 atom stereocenters. The number of nitrogens with one attached hydrogen (secondary N) is 1. The average molecular weight is 277 g/mol. The van der Waals surface area contributed by atoms with Crippen molar-refractivity contribution in [2.24, 2.45) is 10.9 Å². The third-order valence-electron chi connectivity index (χ3n) is 2.67. The Morgan fingerprint density at radius 3 is 2.95 bits per heavy atom. The molecule has 0 spiro atoms. The number of carbonyl (C=O) groups excluding carboxylic acids is 1. The number of hydrogen-bond acceptors (Lipinski definition) is 4. The first-order valence-electron chi connectivity index (χ1n) is 5.86. The molecule has 0 aliphatic heterocycles. The van der Waals surface area contributed by atoms with Crippen LogP contribution in [0.5, 0.6) is 0 Å². The van der Waals surface area contributed by atoms with E-state index in [0.717, 1.165) is 10.1 Å². The number of amides is 1. The van der Waals surface area contributed by atoms with Crippen molar-refractivity contribution in [1.82, 2.24) is 5.32 Å². The molecule has 0 aliphatic rings. The van der Waals surface area contributed by atoms with Gasteiger partial charge in [-0.1, -0.05) is 23.4 Å². The van der Waals surface area contributed by atoms with Crippen LogP contribution >= 0.6 is 11.3 Å². The van der Waals surface area contributed by atoms with Crippen LogP contribution in [-0.4, -0.2) is 23.0 Å². The summed E-state index contributed by atoms with van der Waals surface area (Å²) in [6.45, 7) is 1.81. The first-order valence-corrected chi connectivity index (χ1v) is 6.67. The molecule has 0 fully saturated rings. The average Bonchev–Trinajstić information content (AvgIpc) is 2.82. The molecule has 6 heteroatoms. The summed E-state index contributed by atoms with van der Waals surface area (Å²) < 4.78 is 1.08. The Bertz CT molecular complexity index is 588. The van der Waals surface area contributed by atoms with Gasteiger partial charge in [0, 0.05) is 17.2 Å². The van der Waals surface area contributed by atoms with Crippen molar-refractivity contribution in [2.45, 2.75) is 19.4 Å². The number of fused-ring (bicyclic) bond motifs is 1. The smallest absolute Gasteiger partial charge is 0.261 e. The minimum atomic E-state index is -0.186. The van der Waals surface area contributed by atoms with E-state index in [0.29, 0.717) is 11.3 Å². The number of oxime groups is 1. The molecule has 2 rings (SSSR count). The maximum absolute atomic E-state index is 12.1. The van der Waals surface area contributed by atoms with Gasteiger partial charge < -0.3 is 16.3 Å². The molecule has 2 aromatic rings. The van der Waals surface area contributed by atoms with Crippen LogP contribution in [0.4, 0.5) is 0 Å². The van der Waals surface area contributed by atoms with Gasteiger partial charge in [0.1, 0.15) is 5.84 Å². The molecule has 1 heterocycles. The Hall–Kier alpha value is -2.08. The zero-order valence-corrected chi connectivity index (χ0v) is 11.3. The van der Waals surface area contributed by atoms with Gasteiger partial charge in [-0.05, 0) is 24.4 Å². The second-order valence-corrected chi connectivity index (χ2v) is 5.40. The fraction of sp³-hybridized carbons (Fsp3) is 0.231. The summed E-state index contributed by atoms with van der Waals surface area (Å²) in [6.07, 6.45) is 0.313. The summed E-state index contributed by atoms with van der Waals surface area (Å²) in [5.41, 5.74) is 5.40. The van der Waals surface area contributed by atoms with E-state index in [9.17, 15) is 4.79 Å². The summed E-state index contributed by atoms with van der Waals surface area (Å²) in [7, 11) is 0. The van der Waals surface area contributed by atoms with Crippen LogP contribution in [0.3, 0.4) is 0 Å². The number of carbonyl (C=O) groups is 1. The molecule has 0 aliphatic carbocycles. The minimum Gasteiger partial charge on any atom is -0.409 e. The molecule has 100 valence electrons. The predicted octanol–water partition coefficient (Wildman–Crippen LogP) is 2.16. The van der Waals surface area contributed by atoms with Crippen molar-refractivity contribution >= 4 is 33.2 Å². The van der Waals surface area contributed by atoms with Gasteiger partial charge in [0.2, 0.25) is 0 Å². The number of benzene rings is 1. The van der Waals surface area contributed by atoms with E-state index in [1.54, 1.807) is 0 Å². The molecule has 1 amide bonds. The van der Waals surface area contributed by atoms with Crippen molar-refractivity contribution in [3.63, 3.8) is 0 Å². The Balaban J connectivity index is 2.07. The van der Waals surface area contributed by atoms with Crippen molar-refractivity contribution in [2.75, 3.05) is 0 Å². The van der Waals surface area contributed by atoms with Crippen LogP contribution in [0.1, 0.15) is 23.0 Å². The normalized spacial score (nSPS) is 13.4. The predicted molar refractivity (Wildman–Crippen MR) is 76.8 cm³/mol. The molecule has 0 radical (unpaired) electrons. The molecule has 19 heavy (non-hydrogen) atoms. The third kappa shape index (κ3) is 3.23. The SMILES string of the molecule is CC(CC(N)=NO)NC(=O)c1cc2ccccc2s1. The maximum atomic E-state index is 12.1. The Morgan fingerprint density at radius 1 is 1.53 bits per heavy atom. The Kier molecular flexibility index (Phi) is 4.01. The van der Waals surface area contributed by atoms with E-state index in [1.807, 2.05) is 37.3 Å². The maximum Gasteiger partial charge on any atom is 0.261 e. The topological polar surface area (TPSA) is 87.7 Å². The first kappa shape index (κ1) is 13.4. The second kappa shape index (κ2) is 5.71. The quantitative estimate of drug-likeness (QED) is 0.346. The summed E-state index contributed by atoms with van der Waals surface area (Å²) in [4.78, 5) is 12.7. The highest BCUT2D eigenvalue weighted by Crippen LogP contribution is 2.25. The number of rotatable bonds is 4. The Labute approximate surface area is 114 Å². The molecule has 5 nitrogen and oxygen atoms in total. The van der Waals surface area contributed by atoms with Crippen LogP contribution < -0.4 is 11.1 Å². The van der Waals surface area contributed by atoms with Crippen molar-refractivity contribution < 1.29 is 10.0 Å². The van der Waals surface area contributed by atoms with Gasteiger partial charge in [-0.2, -0.15) is 0 Å². The first-order chi connectivity index (χ1) is 9.10. The summed E-state index contributed by atoms with van der Waals surface area (Å²) in [6, 6.07) is 9.53. The summed E-state index contributed by atoms with van der Waals surface area (Å²) >= 11 is 1.45. The zero-order valence-electron chi connectivity index (χ0n) is 10.5. The van der Waals surface area contributed by atoms with Gasteiger partial charge in [-0.15, -0.1) is 11.3 Å². The van der Waals surface area contributed by atoms with Gasteiger partial charge in [-0.3, -0.25) is 4.79 Å². The van der Waals surface area contributed by atoms with Crippen molar-refractivity contribution in [3.8, 4) is 0 Å². The lowest BCUT2D eigenvalue weighted by atomic mass is 10.2. The monoisotopic (exact) mass is 277 g/mol. The molecule has 4 N–H and O–H groups in total. The standard InChI is InChI=1S/C13H15N3O2S/c1-8(6-12(14)16-18)15-13(17)11-7-9-4-2-3-5-10(9)19-11/h2-5,7-8,18H,6H2,1H3,(H2,14,16)(H,15,17). The second-order valence-electron chi connectivity index (χ2n) is 4.32. The molecular formula is C13H15N3O2S. The van der Waals surface area contributed by atoms with Gasteiger partial charge in [0.15, 0.2) is 0 Å². The van der Waals surface area contributed by atoms with Gasteiger partial charge in [-0.25, -0.2) is 0 Å². The van der Waals surface area contributed by atoms with Gasteiger partial charge in [0.05, 0.1) is 4.88 Å². The highest BCUT2D eigenvalue weighted by Gasteiger charge is 2.13. The van der Waals surface area contributed by atoms with Crippen molar-refractivity contribution in [1.29, 1.82) is 0 Å². The lowest BCUT2D eigenvalue weighted by Gasteiger charge is -2.11. The zero-order chi connectivity index (χ0) is 13.8. The fourth-order valence-electron chi connectivity index (χ4n) is 1.79. The van der Waals surface area contributed by atoms with Crippen LogP contribution in [-0.2, 0) is 0 Å². The molecule has 1 aromatic carbocycles. The number of nitrogens with zero attached hydrogens (tertiary/aromatic N) is 1. The molecule has 0 saturated heterocycles. The van der Waals surface area contributed by atoms with Gasteiger partial charge >= 0.3 is 0 Å². The lowest BCUT2D eigenvalue weighted by Crippen LogP contribution is -2.35. The van der Waals surface area contributed by atoms with E-state index in [-0.39, 0.29) is 17.8 Å². The summed E-state index contributed by atoms with van der Waals surface area (Å²) in [5.74, 6) is -0.0384. The Morgan fingerprint density at radius 2 is 2.26 bits per heavy atom. The van der Waals surface area contributed by atoms with E-state index < -0.39 is 0 Å². The highest BCUT2D eigenvalue weighted by atomic mass is 32.1. The number of amidine groups is 1. The number of thiophene rings is 1. The lowest BCUT2D eigenvalue weighted by molar-refractivity contribution is 0.0945. The van der Waals surface area contributed by atoms with E-state index in [1.165, 1.54) is 11.3 Å². The number of nitrogens with two attached hydrogens (primary N) is 1. The molecule has 0 bridgehead atoms. The van der Waals surface area contributed by atoms with Crippen LogP contribution in [0.15, 0.2) is 35.5 Å². The molecule has 1 unspecified atom stereocenters. The fourth-order valence-corrected chi connectivity index (χ4v) is 2.76. The molecule has 1 aromatic heterocycles. The molecule has 0 saturated carbocycles. The minimum absolute atomic E-state index is 0.101. The molecular weight excluding hydrogens is 262 g/mol. The van der Waals surface area contributed by atoms with Crippen LogP contribution in [0, 0.1) is 0 Å². The van der Waals surface area contributed by atoms with Crippen LogP contribution in [0.2, 0.25) is 0 Å². The van der Waals surface area contributed by atoms with Crippen LogP contribution in [0.25, 0.3) is 10.1 Å².